The van der Waals surface area contributed by atoms with Gasteiger partial charge in [0.05, 0.1) is 11.9 Å². The van der Waals surface area contributed by atoms with E-state index < -0.39 is 34.3 Å². The van der Waals surface area contributed by atoms with Crippen LogP contribution in [-0.2, 0) is 32.6 Å². The van der Waals surface area contributed by atoms with Gasteiger partial charge < -0.3 is 10.2 Å². The number of carbonyl (C=O) groups excluding carboxylic acids is 2. The molecule has 11 heteroatoms. The van der Waals surface area contributed by atoms with E-state index in [1.54, 1.807) is 0 Å². The Hall–Kier alpha value is -3.14. The quantitative estimate of drug-likeness (QED) is 0.262. The molecular weight excluding hydrogens is 576 g/mol. The molecule has 3 aromatic carbocycles. The lowest BCUT2D eigenvalue weighted by atomic mass is 10.0. The van der Waals surface area contributed by atoms with E-state index in [4.69, 9.17) is 23.2 Å². The Morgan fingerprint density at radius 3 is 2.15 bits per heavy atom. The van der Waals surface area contributed by atoms with Gasteiger partial charge in [-0.15, -0.1) is 0 Å². The second kappa shape index (κ2) is 14.5. The summed E-state index contributed by atoms with van der Waals surface area (Å²) in [5, 5.41) is 3.30. The topological polar surface area (TPSA) is 86.8 Å². The smallest absolute Gasteiger partial charge is 0.244 e. The van der Waals surface area contributed by atoms with Crippen molar-refractivity contribution in [3.63, 3.8) is 0 Å². The standard InChI is InChI=1S/C29H32Cl2FN3O4S/c1-3-4-14-33-29(37)27(15-21-8-6-5-7-9-21)34(19-22-10-12-25(32)13-11-22)28(36)20-35(40(2,38)39)26-17-23(30)16-24(31)18-26/h5-13,16-18,27H,3-4,14-15,19-20H2,1-2H3,(H,33,37)/t27-/m1/s1. The maximum Gasteiger partial charge on any atom is 0.244 e. The van der Waals surface area contributed by atoms with Gasteiger partial charge in [-0.05, 0) is 47.9 Å². The predicted molar refractivity (Wildman–Crippen MR) is 157 cm³/mol. The van der Waals surface area contributed by atoms with E-state index in [0.29, 0.717) is 12.1 Å². The highest BCUT2D eigenvalue weighted by Crippen LogP contribution is 2.27. The van der Waals surface area contributed by atoms with Crippen molar-refractivity contribution >= 4 is 50.7 Å². The van der Waals surface area contributed by atoms with Crippen molar-refractivity contribution in [3.8, 4) is 0 Å². The molecule has 0 saturated heterocycles. The zero-order valence-electron chi connectivity index (χ0n) is 22.3. The van der Waals surface area contributed by atoms with Crippen molar-refractivity contribution in [1.29, 1.82) is 0 Å². The fourth-order valence-electron chi connectivity index (χ4n) is 4.14. The van der Waals surface area contributed by atoms with E-state index in [2.05, 4.69) is 5.32 Å². The van der Waals surface area contributed by atoms with E-state index in [9.17, 15) is 22.4 Å². The summed E-state index contributed by atoms with van der Waals surface area (Å²) in [4.78, 5) is 28.8. The molecule has 3 rings (SSSR count). The van der Waals surface area contributed by atoms with Crippen molar-refractivity contribution in [2.45, 2.75) is 38.8 Å². The summed E-state index contributed by atoms with van der Waals surface area (Å²) in [7, 11) is -3.96. The Morgan fingerprint density at radius 1 is 0.950 bits per heavy atom. The molecule has 2 amide bonds. The van der Waals surface area contributed by atoms with Crippen LogP contribution in [0.1, 0.15) is 30.9 Å². The van der Waals surface area contributed by atoms with Crippen LogP contribution in [0, 0.1) is 5.82 Å². The Bertz CT molecular complexity index is 1390. The molecular formula is C29H32Cl2FN3O4S. The number of sulfonamides is 1. The molecule has 1 atom stereocenters. The second-order valence-corrected chi connectivity index (χ2v) is 12.2. The zero-order chi connectivity index (χ0) is 29.3. The molecule has 0 aliphatic heterocycles. The van der Waals surface area contributed by atoms with Crippen LogP contribution >= 0.6 is 23.2 Å². The molecule has 0 heterocycles. The number of halogens is 3. The van der Waals surface area contributed by atoms with Crippen molar-refractivity contribution < 1.29 is 22.4 Å². The summed E-state index contributed by atoms with van der Waals surface area (Å²) >= 11 is 12.2. The molecule has 0 radical (unpaired) electrons. The van der Waals surface area contributed by atoms with E-state index in [-0.39, 0.29) is 34.6 Å². The van der Waals surface area contributed by atoms with Crippen LogP contribution in [-0.4, -0.2) is 50.5 Å². The molecule has 0 aliphatic rings. The maximum atomic E-state index is 14.0. The van der Waals surface area contributed by atoms with E-state index in [1.807, 2.05) is 37.3 Å². The first-order chi connectivity index (χ1) is 19.0. The number of amides is 2. The number of carbonyl (C=O) groups is 2. The largest absolute Gasteiger partial charge is 0.354 e. The summed E-state index contributed by atoms with van der Waals surface area (Å²) in [6.45, 7) is 1.77. The Kier molecular flexibility index (Phi) is 11.4. The Labute approximate surface area is 244 Å². The highest BCUT2D eigenvalue weighted by Gasteiger charge is 2.33. The highest BCUT2D eigenvalue weighted by molar-refractivity contribution is 7.92. The van der Waals surface area contributed by atoms with Crippen molar-refractivity contribution in [3.05, 3.63) is 99.8 Å². The van der Waals surface area contributed by atoms with Gasteiger partial charge >= 0.3 is 0 Å². The van der Waals surface area contributed by atoms with E-state index in [1.165, 1.54) is 47.4 Å². The number of anilines is 1. The molecule has 7 nitrogen and oxygen atoms in total. The van der Waals surface area contributed by atoms with Crippen LogP contribution < -0.4 is 9.62 Å². The van der Waals surface area contributed by atoms with Gasteiger partial charge in [-0.25, -0.2) is 12.8 Å². The SMILES string of the molecule is CCCCNC(=O)[C@@H](Cc1ccccc1)N(Cc1ccc(F)cc1)C(=O)CN(c1cc(Cl)cc(Cl)c1)S(C)(=O)=O. The number of rotatable bonds is 13. The monoisotopic (exact) mass is 607 g/mol. The van der Waals surface area contributed by atoms with Gasteiger partial charge in [-0.3, -0.25) is 13.9 Å². The average molecular weight is 609 g/mol. The minimum atomic E-state index is -3.96. The fraction of sp³-hybridized carbons (Fsp3) is 0.310. The summed E-state index contributed by atoms with van der Waals surface area (Å²) in [6.07, 6.45) is 2.78. The van der Waals surface area contributed by atoms with Crippen molar-refractivity contribution in [2.24, 2.45) is 0 Å². The van der Waals surface area contributed by atoms with Crippen LogP contribution in [0.3, 0.4) is 0 Å². The summed E-state index contributed by atoms with van der Waals surface area (Å²) in [5.74, 6) is -1.44. The highest BCUT2D eigenvalue weighted by atomic mass is 35.5. The molecule has 0 spiro atoms. The van der Waals surface area contributed by atoms with Crippen LogP contribution in [0.5, 0.6) is 0 Å². The van der Waals surface area contributed by atoms with E-state index >= 15 is 0 Å². The third-order valence-corrected chi connectivity index (χ3v) is 7.76. The molecule has 0 unspecified atom stereocenters. The molecule has 0 saturated carbocycles. The number of hydrogen-bond acceptors (Lipinski definition) is 4. The normalized spacial score (nSPS) is 12.0. The minimum absolute atomic E-state index is 0.0499. The molecule has 0 aliphatic carbocycles. The second-order valence-electron chi connectivity index (χ2n) is 9.40. The van der Waals surface area contributed by atoms with Gasteiger partial charge in [0.2, 0.25) is 21.8 Å². The van der Waals surface area contributed by atoms with Crippen molar-refractivity contribution in [1.82, 2.24) is 10.2 Å². The lowest BCUT2D eigenvalue weighted by Gasteiger charge is -2.33. The van der Waals surface area contributed by atoms with Gasteiger partial charge in [0.15, 0.2) is 0 Å². The first-order valence-corrected chi connectivity index (χ1v) is 15.4. The number of benzene rings is 3. The van der Waals surface area contributed by atoms with Gasteiger partial charge in [0, 0.05) is 29.6 Å². The number of nitrogens with one attached hydrogen (secondary N) is 1. The number of hydrogen-bond donors (Lipinski definition) is 1. The predicted octanol–water partition coefficient (Wildman–Crippen LogP) is 5.45. The maximum absolute atomic E-state index is 14.0. The molecule has 0 fully saturated rings. The molecule has 0 bridgehead atoms. The van der Waals surface area contributed by atoms with Gasteiger partial charge in [0.1, 0.15) is 18.4 Å². The zero-order valence-corrected chi connectivity index (χ0v) is 24.6. The van der Waals surface area contributed by atoms with Crippen molar-refractivity contribution in [2.75, 3.05) is 23.7 Å². The summed E-state index contributed by atoms with van der Waals surface area (Å²) < 4.78 is 40.2. The van der Waals surface area contributed by atoms with E-state index in [0.717, 1.165) is 29.0 Å². The molecule has 40 heavy (non-hydrogen) atoms. The fourth-order valence-corrected chi connectivity index (χ4v) is 5.49. The van der Waals surface area contributed by atoms with Crippen LogP contribution in [0.15, 0.2) is 72.8 Å². The lowest BCUT2D eigenvalue weighted by Crippen LogP contribution is -2.53. The van der Waals surface area contributed by atoms with Crippen LogP contribution in [0.2, 0.25) is 10.0 Å². The third-order valence-electron chi connectivity index (χ3n) is 6.18. The number of unbranched alkanes of at least 4 members (excludes halogenated alkanes) is 1. The number of nitrogens with zero attached hydrogens (tertiary/aromatic N) is 2. The molecule has 1 N–H and O–H groups in total. The minimum Gasteiger partial charge on any atom is -0.354 e. The van der Waals surface area contributed by atoms with Gasteiger partial charge in [-0.1, -0.05) is 79.0 Å². The van der Waals surface area contributed by atoms with Crippen LogP contribution in [0.4, 0.5) is 10.1 Å². The first kappa shape index (κ1) is 31.4. The average Bonchev–Trinajstić information content (AvgIpc) is 2.89. The molecule has 0 aromatic heterocycles. The lowest BCUT2D eigenvalue weighted by molar-refractivity contribution is -0.140. The van der Waals surface area contributed by atoms with Gasteiger partial charge in [0.25, 0.3) is 0 Å². The summed E-state index contributed by atoms with van der Waals surface area (Å²) in [5.41, 5.74) is 1.50. The molecule has 214 valence electrons. The third kappa shape index (κ3) is 9.21. The summed E-state index contributed by atoms with van der Waals surface area (Å²) in [6, 6.07) is 18.1. The van der Waals surface area contributed by atoms with Gasteiger partial charge in [-0.2, -0.15) is 0 Å². The first-order valence-electron chi connectivity index (χ1n) is 12.8. The van der Waals surface area contributed by atoms with Crippen LogP contribution in [0.25, 0.3) is 0 Å². The Morgan fingerprint density at radius 2 is 1.57 bits per heavy atom. The Balaban J connectivity index is 2.04. The molecule has 3 aromatic rings.